The van der Waals surface area contributed by atoms with Gasteiger partial charge in [0.25, 0.3) is 0 Å². The maximum Gasteiger partial charge on any atom is 0.244 e. The fourth-order valence-electron chi connectivity index (χ4n) is 4.62. The van der Waals surface area contributed by atoms with E-state index in [1.807, 2.05) is 24.3 Å². The highest BCUT2D eigenvalue weighted by atomic mass is 32.2. The number of hydrogen-bond donors (Lipinski definition) is 2. The lowest BCUT2D eigenvalue weighted by molar-refractivity contribution is 0.0293. The number of hydrazone groups is 1. The zero-order chi connectivity index (χ0) is 21.5. The Bertz CT molecular complexity index is 1100. The van der Waals surface area contributed by atoms with Crippen molar-refractivity contribution in [3.63, 3.8) is 0 Å². The molecule has 3 saturated heterocycles. The zero-order valence-electron chi connectivity index (χ0n) is 17.0. The van der Waals surface area contributed by atoms with Gasteiger partial charge in [0, 0.05) is 24.0 Å². The van der Waals surface area contributed by atoms with Crippen molar-refractivity contribution in [2.45, 2.75) is 18.6 Å². The molecule has 2 aromatic rings. The predicted octanol–water partition coefficient (Wildman–Crippen LogP) is 1.69. The van der Waals surface area contributed by atoms with E-state index in [0.717, 1.165) is 36.7 Å². The molecule has 3 aliphatic heterocycles. The highest BCUT2D eigenvalue weighted by Gasteiger charge is 2.47. The second kappa shape index (κ2) is 7.98. The quantitative estimate of drug-likeness (QED) is 0.534. The molecule has 0 spiro atoms. The average Bonchev–Trinajstić information content (AvgIpc) is 2.75. The van der Waals surface area contributed by atoms with Crippen LogP contribution >= 0.6 is 0 Å². The van der Waals surface area contributed by atoms with E-state index >= 15 is 0 Å². The third kappa shape index (κ3) is 3.80. The Kier molecular flexibility index (Phi) is 5.52. The topological polar surface area (TPSA) is 104 Å². The lowest BCUT2D eigenvalue weighted by atomic mass is 9.72. The van der Waals surface area contributed by atoms with Gasteiger partial charge in [0.1, 0.15) is 11.9 Å². The average molecular weight is 431 g/mol. The highest BCUT2D eigenvalue weighted by molar-refractivity contribution is 7.88. The van der Waals surface area contributed by atoms with E-state index in [9.17, 15) is 13.5 Å². The van der Waals surface area contributed by atoms with E-state index in [-0.39, 0.29) is 11.8 Å². The third-order valence-corrected chi connectivity index (χ3v) is 6.43. The number of ether oxygens (including phenoxy) is 1. The Morgan fingerprint density at radius 3 is 2.93 bits per heavy atom. The lowest BCUT2D eigenvalue weighted by Gasteiger charge is -2.51. The molecular weight excluding hydrogens is 404 g/mol. The Morgan fingerprint density at radius 1 is 1.43 bits per heavy atom. The predicted molar refractivity (Wildman–Crippen MR) is 116 cm³/mol. The minimum absolute atomic E-state index is 0.0315. The molecule has 0 aliphatic carbocycles. The van der Waals surface area contributed by atoms with Gasteiger partial charge in [-0.3, -0.25) is 9.88 Å². The van der Waals surface area contributed by atoms with Crippen molar-refractivity contribution in [2.75, 3.05) is 26.5 Å². The largest absolute Gasteiger partial charge is 0.497 e. The summed E-state index contributed by atoms with van der Waals surface area (Å²) in [6.45, 7) is 5.49. The van der Waals surface area contributed by atoms with Crippen LogP contribution in [0.25, 0.3) is 10.9 Å². The molecule has 8 nitrogen and oxygen atoms in total. The summed E-state index contributed by atoms with van der Waals surface area (Å²) in [7, 11) is -1.92. The van der Waals surface area contributed by atoms with E-state index in [0.29, 0.717) is 17.0 Å². The van der Waals surface area contributed by atoms with Crippen LogP contribution in [0.3, 0.4) is 0 Å². The number of nitrogens with one attached hydrogen (secondary N) is 1. The van der Waals surface area contributed by atoms with Gasteiger partial charge < -0.3 is 9.84 Å². The van der Waals surface area contributed by atoms with E-state index in [2.05, 4.69) is 26.4 Å². The van der Waals surface area contributed by atoms with Gasteiger partial charge in [-0.2, -0.15) is 5.10 Å². The molecule has 4 heterocycles. The summed E-state index contributed by atoms with van der Waals surface area (Å²) in [5.41, 5.74) is 2.10. The summed E-state index contributed by atoms with van der Waals surface area (Å²) in [5, 5.41) is 16.6. The maximum atomic E-state index is 11.7. The van der Waals surface area contributed by atoms with Gasteiger partial charge in [0.2, 0.25) is 10.0 Å². The molecule has 2 bridgehead atoms. The van der Waals surface area contributed by atoms with Crippen LogP contribution in [-0.2, 0) is 10.0 Å². The van der Waals surface area contributed by atoms with Gasteiger partial charge in [-0.15, -0.1) is 6.58 Å². The number of sulfonamides is 1. The minimum Gasteiger partial charge on any atom is -0.497 e. The van der Waals surface area contributed by atoms with E-state index < -0.39 is 22.2 Å². The normalized spacial score (nSPS) is 28.4. The van der Waals surface area contributed by atoms with Crippen LogP contribution in [0.1, 0.15) is 18.1 Å². The van der Waals surface area contributed by atoms with Gasteiger partial charge in [-0.25, -0.2) is 13.2 Å². The number of aliphatic hydroxyl groups is 1. The summed E-state index contributed by atoms with van der Waals surface area (Å²) in [6, 6.07) is 6.89. The highest BCUT2D eigenvalue weighted by Crippen LogP contribution is 2.40. The summed E-state index contributed by atoms with van der Waals surface area (Å²) in [5.74, 6) is 0.870. The number of methoxy groups -OCH3 is 1. The second-order valence-corrected chi connectivity index (χ2v) is 9.59. The number of piperidine rings is 3. The first-order chi connectivity index (χ1) is 14.3. The Hall–Kier alpha value is -2.49. The monoisotopic (exact) mass is 430 g/mol. The van der Waals surface area contributed by atoms with Crippen molar-refractivity contribution in [1.82, 2.24) is 14.7 Å². The molecule has 5 atom stereocenters. The molecule has 2 N–H and O–H groups in total. The molecule has 3 aliphatic rings. The number of fused-ring (bicyclic) bond motifs is 4. The Morgan fingerprint density at radius 2 is 2.23 bits per heavy atom. The molecule has 5 rings (SSSR count). The van der Waals surface area contributed by atoms with Crippen LogP contribution in [0.5, 0.6) is 5.75 Å². The van der Waals surface area contributed by atoms with Crippen LogP contribution in [-0.4, -0.2) is 61.6 Å². The van der Waals surface area contributed by atoms with Crippen molar-refractivity contribution in [1.29, 1.82) is 0 Å². The first kappa shape index (κ1) is 20.8. The standard InChI is InChI=1S/C21H26N4O4S/c1-4-13-12-25-10-8-15(13)19(23-24-30(3,27)28)20(25)21(26)16-7-9-22-18-6-5-14(29-2)11-17(16)18/h4-7,9,11,13,15,20-21,24,26H,1,8,10,12H2,2-3H3/b23-19+/t13?,15?,20?,21-/m1/s1. The molecule has 0 radical (unpaired) electrons. The molecule has 1 aromatic heterocycles. The van der Waals surface area contributed by atoms with Crippen molar-refractivity contribution in [3.8, 4) is 5.75 Å². The van der Waals surface area contributed by atoms with Gasteiger partial charge >= 0.3 is 0 Å². The van der Waals surface area contributed by atoms with Crippen LogP contribution in [0.4, 0.5) is 0 Å². The first-order valence-corrected chi connectivity index (χ1v) is 11.7. The number of benzene rings is 1. The summed E-state index contributed by atoms with van der Waals surface area (Å²) >= 11 is 0. The van der Waals surface area contributed by atoms with Crippen LogP contribution < -0.4 is 9.57 Å². The molecule has 30 heavy (non-hydrogen) atoms. The van der Waals surface area contributed by atoms with E-state index in [1.54, 1.807) is 19.4 Å². The third-order valence-electron chi connectivity index (χ3n) is 6.01. The van der Waals surface area contributed by atoms with Gasteiger partial charge in [0.15, 0.2) is 0 Å². The first-order valence-electron chi connectivity index (χ1n) is 9.84. The molecule has 4 unspecified atom stereocenters. The summed E-state index contributed by atoms with van der Waals surface area (Å²) in [6.07, 6.45) is 4.56. The van der Waals surface area contributed by atoms with E-state index in [1.165, 1.54) is 0 Å². The second-order valence-electron chi connectivity index (χ2n) is 7.86. The van der Waals surface area contributed by atoms with Gasteiger partial charge in [-0.1, -0.05) is 6.08 Å². The minimum atomic E-state index is -3.51. The number of rotatable bonds is 6. The Balaban J connectivity index is 1.79. The molecule has 9 heteroatoms. The fourth-order valence-corrected chi connectivity index (χ4v) is 4.89. The van der Waals surface area contributed by atoms with Crippen LogP contribution in [0.2, 0.25) is 0 Å². The number of hydrogen-bond acceptors (Lipinski definition) is 7. The molecule has 0 saturated carbocycles. The zero-order valence-corrected chi connectivity index (χ0v) is 17.8. The van der Waals surface area contributed by atoms with Crippen molar-refractivity contribution < 1.29 is 18.3 Å². The van der Waals surface area contributed by atoms with Gasteiger partial charge in [-0.05, 0) is 48.7 Å². The van der Waals surface area contributed by atoms with Gasteiger partial charge in [0.05, 0.1) is 30.6 Å². The maximum absolute atomic E-state index is 11.7. The van der Waals surface area contributed by atoms with Crippen molar-refractivity contribution >= 4 is 26.6 Å². The van der Waals surface area contributed by atoms with Crippen LogP contribution in [0.15, 0.2) is 48.2 Å². The number of nitrogens with zero attached hydrogens (tertiary/aromatic N) is 3. The molecular formula is C21H26N4O4S. The summed E-state index contributed by atoms with van der Waals surface area (Å²) in [4.78, 5) is 8.82. The SMILES string of the molecule is C=CC1CN2CCC1/C(=N\NS(C)(=O)=O)C2[C@H](O)c1ccnc2ccc(OC)cc12. The van der Waals surface area contributed by atoms with Crippen LogP contribution in [0, 0.1) is 11.8 Å². The summed E-state index contributed by atoms with van der Waals surface area (Å²) < 4.78 is 28.7. The number of aromatic nitrogens is 1. The fraction of sp³-hybridized carbons (Fsp3) is 0.429. The molecule has 1 aromatic carbocycles. The molecule has 0 amide bonds. The lowest BCUT2D eigenvalue weighted by Crippen LogP contribution is -2.61. The molecule has 160 valence electrons. The Labute approximate surface area is 176 Å². The molecule has 3 fully saturated rings. The smallest absolute Gasteiger partial charge is 0.244 e. The van der Waals surface area contributed by atoms with E-state index in [4.69, 9.17) is 4.74 Å². The number of pyridine rings is 1. The number of aliphatic hydroxyl groups excluding tert-OH is 1. The van der Waals surface area contributed by atoms with Crippen molar-refractivity contribution in [3.05, 3.63) is 48.7 Å². The van der Waals surface area contributed by atoms with Crippen molar-refractivity contribution in [2.24, 2.45) is 16.9 Å².